The number of rotatable bonds is 8. The van der Waals surface area contributed by atoms with Gasteiger partial charge >= 0.3 is 11.9 Å². The molecule has 8 heteroatoms. The lowest BCUT2D eigenvalue weighted by Crippen LogP contribution is -2.32. The summed E-state index contributed by atoms with van der Waals surface area (Å²) in [5.41, 5.74) is 1.02. The fraction of sp³-hybridized carbons (Fsp3) is 0.222. The van der Waals surface area contributed by atoms with Crippen molar-refractivity contribution in [3.8, 4) is 0 Å². The highest BCUT2D eigenvalue weighted by Crippen LogP contribution is 2.25. The Labute approximate surface area is 151 Å². The number of carbonyl (C=O) groups is 2. The normalized spacial score (nSPS) is 11.1. The van der Waals surface area contributed by atoms with Crippen LogP contribution in [0.3, 0.4) is 0 Å². The number of sulfonamides is 1. The van der Waals surface area contributed by atoms with Crippen LogP contribution >= 0.6 is 0 Å². The molecule has 0 bridgehead atoms. The highest BCUT2D eigenvalue weighted by atomic mass is 32.2. The molecule has 7 nitrogen and oxygen atoms in total. The number of hydrogen-bond donors (Lipinski definition) is 2. The van der Waals surface area contributed by atoms with Gasteiger partial charge in [-0.2, -0.15) is 0 Å². The molecule has 0 atom stereocenters. The van der Waals surface area contributed by atoms with Crippen molar-refractivity contribution < 1.29 is 28.2 Å². The summed E-state index contributed by atoms with van der Waals surface area (Å²) in [4.78, 5) is 22.0. The molecule has 0 radical (unpaired) electrons. The lowest BCUT2D eigenvalue weighted by atomic mass is 10.2. The number of nitrogens with zero attached hydrogens (tertiary/aromatic N) is 1. The van der Waals surface area contributed by atoms with Crippen LogP contribution in [0.5, 0.6) is 0 Å². The van der Waals surface area contributed by atoms with Gasteiger partial charge in [0.2, 0.25) is 0 Å². The molecule has 0 saturated heterocycles. The van der Waals surface area contributed by atoms with E-state index in [-0.39, 0.29) is 35.5 Å². The lowest BCUT2D eigenvalue weighted by Gasteiger charge is -2.24. The van der Waals surface area contributed by atoms with E-state index in [0.29, 0.717) is 0 Å². The molecule has 2 rings (SSSR count). The highest BCUT2D eigenvalue weighted by Gasteiger charge is 2.25. The zero-order chi connectivity index (χ0) is 19.3. The van der Waals surface area contributed by atoms with Gasteiger partial charge in [-0.25, -0.2) is 13.2 Å². The zero-order valence-corrected chi connectivity index (χ0v) is 14.9. The van der Waals surface area contributed by atoms with Crippen LogP contribution in [0.2, 0.25) is 0 Å². The molecule has 0 unspecified atom stereocenters. The van der Waals surface area contributed by atoms with Crippen LogP contribution < -0.4 is 4.31 Å². The van der Waals surface area contributed by atoms with Crippen molar-refractivity contribution in [2.75, 3.05) is 10.8 Å². The molecule has 0 heterocycles. The molecule has 26 heavy (non-hydrogen) atoms. The summed E-state index contributed by atoms with van der Waals surface area (Å²) >= 11 is 0. The average Bonchev–Trinajstić information content (AvgIpc) is 2.58. The number of aryl methyl sites for hydroxylation is 1. The summed E-state index contributed by atoms with van der Waals surface area (Å²) in [6.45, 7) is 1.75. The third-order valence-corrected chi connectivity index (χ3v) is 5.58. The van der Waals surface area contributed by atoms with E-state index in [1.165, 1.54) is 36.4 Å². The van der Waals surface area contributed by atoms with E-state index >= 15 is 0 Å². The van der Waals surface area contributed by atoms with Crippen LogP contribution in [0.25, 0.3) is 0 Å². The number of aliphatic carboxylic acids is 1. The van der Waals surface area contributed by atoms with Crippen LogP contribution in [0.4, 0.5) is 5.69 Å². The Morgan fingerprint density at radius 1 is 1.04 bits per heavy atom. The zero-order valence-electron chi connectivity index (χ0n) is 14.1. The van der Waals surface area contributed by atoms with Gasteiger partial charge in [0.15, 0.2) is 0 Å². The fourth-order valence-electron chi connectivity index (χ4n) is 2.39. The molecule has 0 saturated carbocycles. The first-order valence-corrected chi connectivity index (χ1v) is 9.30. The minimum atomic E-state index is -3.96. The molecule has 2 aromatic carbocycles. The molecule has 0 fully saturated rings. The van der Waals surface area contributed by atoms with Crippen LogP contribution in [0, 0.1) is 6.92 Å². The number of aromatic carboxylic acids is 1. The quantitative estimate of drug-likeness (QED) is 0.731. The summed E-state index contributed by atoms with van der Waals surface area (Å²) in [5, 5.41) is 18.0. The standard InChI is InChI=1S/C18H19NO6S/c1-13-7-9-16(10-8-13)26(24,25)19(11-3-6-17(20)21)15-5-2-4-14(12-15)18(22)23/h2,4-5,7-10,12H,3,6,11H2,1H3,(H,20,21)(H,22,23). The first-order valence-electron chi connectivity index (χ1n) is 7.86. The van der Waals surface area contributed by atoms with Gasteiger partial charge in [0.25, 0.3) is 10.0 Å². The lowest BCUT2D eigenvalue weighted by molar-refractivity contribution is -0.137. The first kappa shape index (κ1) is 19.5. The Bertz CT molecular complexity index is 906. The van der Waals surface area contributed by atoms with Crippen LogP contribution in [-0.2, 0) is 14.8 Å². The van der Waals surface area contributed by atoms with Crippen LogP contribution in [-0.4, -0.2) is 37.1 Å². The number of carboxylic acids is 2. The Hall–Kier alpha value is -2.87. The second-order valence-electron chi connectivity index (χ2n) is 5.74. The van der Waals surface area contributed by atoms with Gasteiger partial charge in [-0.1, -0.05) is 23.8 Å². The molecule has 0 aliphatic carbocycles. The third kappa shape index (κ3) is 4.60. The molecule has 2 aromatic rings. The minimum Gasteiger partial charge on any atom is -0.481 e. The summed E-state index contributed by atoms with van der Waals surface area (Å²) < 4.78 is 27.1. The average molecular weight is 377 g/mol. The summed E-state index contributed by atoms with van der Waals surface area (Å²) in [6, 6.07) is 11.8. The molecular formula is C18H19NO6S. The molecule has 138 valence electrons. The maximum atomic E-state index is 13.0. The second-order valence-corrected chi connectivity index (χ2v) is 7.61. The Morgan fingerprint density at radius 3 is 2.27 bits per heavy atom. The van der Waals surface area contributed by atoms with Gasteiger partial charge in [-0.3, -0.25) is 9.10 Å². The summed E-state index contributed by atoms with van der Waals surface area (Å²) in [6.07, 6.45) is -0.101. The summed E-state index contributed by atoms with van der Waals surface area (Å²) in [5.74, 6) is -2.21. The molecule has 0 aromatic heterocycles. The van der Waals surface area contributed by atoms with Crippen LogP contribution in [0.15, 0.2) is 53.4 Å². The number of anilines is 1. The largest absolute Gasteiger partial charge is 0.481 e. The third-order valence-electron chi connectivity index (χ3n) is 3.74. The first-order chi connectivity index (χ1) is 12.2. The maximum absolute atomic E-state index is 13.0. The van der Waals surface area contributed by atoms with Crippen molar-refractivity contribution in [1.29, 1.82) is 0 Å². The van der Waals surface area contributed by atoms with Crippen molar-refractivity contribution in [2.24, 2.45) is 0 Å². The van der Waals surface area contributed by atoms with Gasteiger partial charge in [0.05, 0.1) is 16.1 Å². The van der Waals surface area contributed by atoms with Gasteiger partial charge in [0, 0.05) is 13.0 Å². The molecule has 2 N–H and O–H groups in total. The Balaban J connectivity index is 2.46. The SMILES string of the molecule is Cc1ccc(S(=O)(=O)N(CCCC(=O)O)c2cccc(C(=O)O)c2)cc1. The number of benzene rings is 2. The van der Waals surface area contributed by atoms with E-state index in [4.69, 9.17) is 10.2 Å². The van der Waals surface area contributed by atoms with Gasteiger partial charge in [-0.15, -0.1) is 0 Å². The van der Waals surface area contributed by atoms with Crippen molar-refractivity contribution in [2.45, 2.75) is 24.7 Å². The van der Waals surface area contributed by atoms with Crippen LogP contribution in [0.1, 0.15) is 28.8 Å². The molecule has 0 amide bonds. The Kier molecular flexibility index (Phi) is 5.99. The number of hydrogen-bond acceptors (Lipinski definition) is 4. The van der Waals surface area contributed by atoms with Gasteiger partial charge < -0.3 is 10.2 Å². The molecule has 0 spiro atoms. The van der Waals surface area contributed by atoms with E-state index in [0.717, 1.165) is 9.87 Å². The molecule has 0 aliphatic heterocycles. The smallest absolute Gasteiger partial charge is 0.335 e. The minimum absolute atomic E-state index is 0.0511. The predicted molar refractivity (Wildman–Crippen MR) is 96.0 cm³/mol. The fourth-order valence-corrected chi connectivity index (χ4v) is 3.89. The maximum Gasteiger partial charge on any atom is 0.335 e. The monoisotopic (exact) mass is 377 g/mol. The Morgan fingerprint density at radius 2 is 1.69 bits per heavy atom. The van der Waals surface area contributed by atoms with Gasteiger partial charge in [0.1, 0.15) is 0 Å². The van der Waals surface area contributed by atoms with E-state index in [2.05, 4.69) is 0 Å². The van der Waals surface area contributed by atoms with Crippen molar-refractivity contribution >= 4 is 27.6 Å². The topological polar surface area (TPSA) is 112 Å². The van der Waals surface area contributed by atoms with Crippen molar-refractivity contribution in [1.82, 2.24) is 0 Å². The molecule has 0 aliphatic rings. The number of carboxylic acid groups (broad SMARTS) is 2. The molecular weight excluding hydrogens is 358 g/mol. The van der Waals surface area contributed by atoms with Crippen molar-refractivity contribution in [3.63, 3.8) is 0 Å². The summed E-state index contributed by atoms with van der Waals surface area (Å²) in [7, 11) is -3.96. The van der Waals surface area contributed by atoms with E-state index < -0.39 is 22.0 Å². The predicted octanol–water partition coefficient (Wildman–Crippen LogP) is 2.75. The van der Waals surface area contributed by atoms with Gasteiger partial charge in [-0.05, 0) is 43.7 Å². The van der Waals surface area contributed by atoms with E-state index in [1.54, 1.807) is 12.1 Å². The van der Waals surface area contributed by atoms with E-state index in [1.807, 2.05) is 6.92 Å². The second kappa shape index (κ2) is 8.01. The van der Waals surface area contributed by atoms with Crippen molar-refractivity contribution in [3.05, 3.63) is 59.7 Å². The van der Waals surface area contributed by atoms with E-state index in [9.17, 15) is 18.0 Å². The highest BCUT2D eigenvalue weighted by molar-refractivity contribution is 7.92.